The average molecular weight is 497 g/mol. The summed E-state index contributed by atoms with van der Waals surface area (Å²) in [5, 5.41) is 3.01. The molecule has 0 aliphatic carbocycles. The molecule has 1 aromatic carbocycles. The molecule has 4 amide bonds. The molecule has 3 heterocycles. The Morgan fingerprint density at radius 3 is 2.61 bits per heavy atom. The van der Waals surface area contributed by atoms with Crippen LogP contribution in [-0.2, 0) is 16.0 Å². The first-order chi connectivity index (χ1) is 17.3. The topological polar surface area (TPSA) is 82.6 Å². The molecule has 2 aliphatic heterocycles. The molecule has 9 heteroatoms. The summed E-state index contributed by atoms with van der Waals surface area (Å²) in [4.78, 5) is 46.3. The number of amides is 4. The molecule has 0 saturated carbocycles. The predicted octanol–water partition coefficient (Wildman–Crippen LogP) is 3.95. The molecule has 1 unspecified atom stereocenters. The van der Waals surface area contributed by atoms with Gasteiger partial charge >= 0.3 is 6.03 Å². The Morgan fingerprint density at radius 1 is 1.17 bits per heavy atom. The Kier molecular flexibility index (Phi) is 7.76. The highest BCUT2D eigenvalue weighted by Gasteiger charge is 2.55. The number of benzene rings is 1. The number of likely N-dealkylation sites (tertiary alicyclic amines) is 1. The van der Waals surface area contributed by atoms with Crippen molar-refractivity contribution < 1.29 is 23.2 Å². The van der Waals surface area contributed by atoms with Crippen LogP contribution in [0.2, 0.25) is 0 Å². The van der Waals surface area contributed by atoms with Gasteiger partial charge in [0.15, 0.2) is 11.6 Å². The SMILES string of the molecule is CCCC1(C2CCN(C(=O)C=Cc3ccc(F)c(F)c3)CC2)NC(=O)N(CCc2ccccn2)C1=O. The Bertz CT molecular complexity index is 1150. The molecule has 1 atom stereocenters. The lowest BCUT2D eigenvalue weighted by atomic mass is 9.74. The van der Waals surface area contributed by atoms with E-state index in [2.05, 4.69) is 10.3 Å². The zero-order valence-corrected chi connectivity index (χ0v) is 20.3. The molecule has 1 N–H and O–H groups in total. The summed E-state index contributed by atoms with van der Waals surface area (Å²) in [5.74, 6) is -2.43. The van der Waals surface area contributed by atoms with E-state index in [0.717, 1.165) is 24.2 Å². The van der Waals surface area contributed by atoms with E-state index in [9.17, 15) is 23.2 Å². The summed E-state index contributed by atoms with van der Waals surface area (Å²) < 4.78 is 26.5. The largest absolute Gasteiger partial charge is 0.339 e. The minimum absolute atomic E-state index is 0.0898. The third kappa shape index (κ3) is 5.29. The predicted molar refractivity (Wildman–Crippen MR) is 131 cm³/mol. The lowest BCUT2D eigenvalue weighted by molar-refractivity contribution is -0.135. The molecule has 36 heavy (non-hydrogen) atoms. The fraction of sp³-hybridized carbons (Fsp3) is 0.407. The summed E-state index contributed by atoms with van der Waals surface area (Å²) in [6, 6.07) is 8.63. The minimum Gasteiger partial charge on any atom is -0.339 e. The number of rotatable bonds is 8. The van der Waals surface area contributed by atoms with Gasteiger partial charge in [-0.1, -0.05) is 25.5 Å². The highest BCUT2D eigenvalue weighted by molar-refractivity contribution is 6.07. The molecule has 4 rings (SSSR count). The maximum Gasteiger partial charge on any atom is 0.325 e. The second-order valence-corrected chi connectivity index (χ2v) is 9.29. The quantitative estimate of drug-likeness (QED) is 0.443. The van der Waals surface area contributed by atoms with Gasteiger partial charge in [-0.3, -0.25) is 19.5 Å². The molecule has 2 aromatic rings. The number of imide groups is 1. The number of hydrogen-bond donors (Lipinski definition) is 1. The lowest BCUT2D eigenvalue weighted by Gasteiger charge is -2.40. The van der Waals surface area contributed by atoms with Crippen molar-refractivity contribution in [1.82, 2.24) is 20.1 Å². The van der Waals surface area contributed by atoms with Crippen LogP contribution in [0.15, 0.2) is 48.7 Å². The maximum absolute atomic E-state index is 13.5. The fourth-order valence-electron chi connectivity index (χ4n) is 5.15. The molecular formula is C27H30F2N4O3. The number of nitrogens with one attached hydrogen (secondary N) is 1. The Hall–Kier alpha value is -3.62. The van der Waals surface area contributed by atoms with Gasteiger partial charge in [0, 0.05) is 44.0 Å². The Balaban J connectivity index is 1.39. The van der Waals surface area contributed by atoms with E-state index < -0.39 is 17.2 Å². The molecule has 2 fully saturated rings. The van der Waals surface area contributed by atoms with Gasteiger partial charge in [0.2, 0.25) is 5.91 Å². The first-order valence-corrected chi connectivity index (χ1v) is 12.3. The molecule has 0 spiro atoms. The molecule has 1 aromatic heterocycles. The maximum atomic E-state index is 13.5. The van der Waals surface area contributed by atoms with Crippen LogP contribution in [0.5, 0.6) is 0 Å². The highest BCUT2D eigenvalue weighted by Crippen LogP contribution is 2.37. The van der Waals surface area contributed by atoms with E-state index in [1.807, 2.05) is 25.1 Å². The van der Waals surface area contributed by atoms with Crippen molar-refractivity contribution in [3.8, 4) is 0 Å². The second kappa shape index (κ2) is 11.0. The smallest absolute Gasteiger partial charge is 0.325 e. The van der Waals surface area contributed by atoms with E-state index in [1.54, 1.807) is 11.1 Å². The van der Waals surface area contributed by atoms with Crippen LogP contribution in [0.1, 0.15) is 43.9 Å². The lowest BCUT2D eigenvalue weighted by Crippen LogP contribution is -2.56. The van der Waals surface area contributed by atoms with Crippen LogP contribution in [0, 0.1) is 17.6 Å². The van der Waals surface area contributed by atoms with Gasteiger partial charge in [0.25, 0.3) is 5.91 Å². The van der Waals surface area contributed by atoms with E-state index in [1.165, 1.54) is 23.1 Å². The Labute approximate surface area is 209 Å². The number of carbonyl (C=O) groups excluding carboxylic acids is 3. The zero-order valence-electron chi connectivity index (χ0n) is 20.3. The summed E-state index contributed by atoms with van der Waals surface area (Å²) in [7, 11) is 0. The standard InChI is InChI=1S/C27H30F2N4O3/c1-2-13-27(25(35)33(26(36)31-27)17-12-21-5-3-4-14-30-21)20-10-15-32(16-11-20)24(34)9-7-19-6-8-22(28)23(29)18-19/h3-9,14,18,20H,2,10-13,15-17H2,1H3,(H,31,36). The average Bonchev–Trinajstić information content (AvgIpc) is 3.13. The van der Waals surface area contributed by atoms with Gasteiger partial charge in [-0.05, 0) is 61.1 Å². The zero-order chi connectivity index (χ0) is 25.7. The molecule has 0 bridgehead atoms. The third-order valence-electron chi connectivity index (χ3n) is 7.03. The normalized spacial score (nSPS) is 20.9. The van der Waals surface area contributed by atoms with Gasteiger partial charge in [0.1, 0.15) is 5.54 Å². The van der Waals surface area contributed by atoms with E-state index >= 15 is 0 Å². The molecule has 0 radical (unpaired) electrons. The summed E-state index contributed by atoms with van der Waals surface area (Å²) in [6.07, 6.45) is 7.38. The number of carbonyl (C=O) groups is 3. The third-order valence-corrected chi connectivity index (χ3v) is 7.03. The number of urea groups is 1. The van der Waals surface area contributed by atoms with Gasteiger partial charge < -0.3 is 10.2 Å². The van der Waals surface area contributed by atoms with Crippen molar-refractivity contribution in [2.24, 2.45) is 5.92 Å². The van der Waals surface area contributed by atoms with Crippen LogP contribution in [0.4, 0.5) is 13.6 Å². The number of halogens is 2. The number of aromatic nitrogens is 1. The van der Waals surface area contributed by atoms with Crippen molar-refractivity contribution in [2.75, 3.05) is 19.6 Å². The molecular weight excluding hydrogens is 466 g/mol. The van der Waals surface area contributed by atoms with E-state index in [4.69, 9.17) is 0 Å². The van der Waals surface area contributed by atoms with Gasteiger partial charge in [-0.25, -0.2) is 13.6 Å². The van der Waals surface area contributed by atoms with Crippen LogP contribution < -0.4 is 5.32 Å². The van der Waals surface area contributed by atoms with E-state index in [0.29, 0.717) is 44.3 Å². The van der Waals surface area contributed by atoms with Crippen LogP contribution in [-0.4, -0.2) is 57.8 Å². The summed E-state index contributed by atoms with van der Waals surface area (Å²) in [5.41, 5.74) is 0.241. The monoisotopic (exact) mass is 496 g/mol. The van der Waals surface area contributed by atoms with Gasteiger partial charge in [-0.2, -0.15) is 0 Å². The van der Waals surface area contributed by atoms with Crippen LogP contribution in [0.3, 0.4) is 0 Å². The second-order valence-electron chi connectivity index (χ2n) is 9.29. The minimum atomic E-state index is -0.969. The van der Waals surface area contributed by atoms with E-state index in [-0.39, 0.29) is 30.3 Å². The summed E-state index contributed by atoms with van der Waals surface area (Å²) in [6.45, 7) is 3.13. The highest BCUT2D eigenvalue weighted by atomic mass is 19.2. The van der Waals surface area contributed by atoms with Crippen molar-refractivity contribution >= 4 is 23.9 Å². The van der Waals surface area contributed by atoms with Crippen molar-refractivity contribution in [2.45, 2.75) is 44.6 Å². The van der Waals surface area contributed by atoms with Crippen molar-refractivity contribution in [1.29, 1.82) is 0 Å². The first-order valence-electron chi connectivity index (χ1n) is 12.3. The van der Waals surface area contributed by atoms with Crippen molar-refractivity contribution in [3.63, 3.8) is 0 Å². The number of pyridine rings is 1. The van der Waals surface area contributed by atoms with Gasteiger partial charge in [0.05, 0.1) is 0 Å². The molecule has 190 valence electrons. The Morgan fingerprint density at radius 2 is 1.94 bits per heavy atom. The van der Waals surface area contributed by atoms with Crippen LogP contribution in [0.25, 0.3) is 6.08 Å². The van der Waals surface area contributed by atoms with Gasteiger partial charge in [-0.15, -0.1) is 0 Å². The number of piperidine rings is 1. The number of nitrogens with zero attached hydrogens (tertiary/aromatic N) is 3. The molecule has 7 nitrogen and oxygen atoms in total. The van der Waals surface area contributed by atoms with Crippen LogP contribution >= 0.6 is 0 Å². The molecule has 2 saturated heterocycles. The molecule has 2 aliphatic rings. The summed E-state index contributed by atoms with van der Waals surface area (Å²) >= 11 is 0. The number of hydrogen-bond acceptors (Lipinski definition) is 4. The van der Waals surface area contributed by atoms with Crippen molar-refractivity contribution in [3.05, 3.63) is 71.6 Å². The first kappa shape index (κ1) is 25.5. The fourth-order valence-corrected chi connectivity index (χ4v) is 5.15.